The molecule has 1 amide bonds. The summed E-state index contributed by atoms with van der Waals surface area (Å²) in [7, 11) is 0. The van der Waals surface area contributed by atoms with Crippen molar-refractivity contribution >= 4 is 17.4 Å². The zero-order valence-electron chi connectivity index (χ0n) is 17.5. The minimum Gasteiger partial charge on any atom is -0.381 e. The molecule has 1 aliphatic carbocycles. The first-order valence-corrected chi connectivity index (χ1v) is 10.5. The quantitative estimate of drug-likeness (QED) is 0.615. The van der Waals surface area contributed by atoms with E-state index < -0.39 is 5.91 Å². The number of aromatic nitrogens is 4. The molecule has 32 heavy (non-hydrogen) atoms. The van der Waals surface area contributed by atoms with E-state index in [0.717, 1.165) is 43.5 Å². The second-order valence-corrected chi connectivity index (χ2v) is 8.10. The van der Waals surface area contributed by atoms with E-state index >= 15 is 0 Å². The molecule has 3 heterocycles. The van der Waals surface area contributed by atoms with Gasteiger partial charge in [0.1, 0.15) is 6.07 Å². The van der Waals surface area contributed by atoms with E-state index in [4.69, 9.17) is 11.5 Å². The minimum absolute atomic E-state index is 0.165. The predicted octanol–water partition coefficient (Wildman–Crippen LogP) is 1.17. The van der Waals surface area contributed by atoms with Crippen molar-refractivity contribution in [2.24, 2.45) is 5.73 Å². The van der Waals surface area contributed by atoms with Crippen LogP contribution in [0.1, 0.15) is 28.8 Å². The van der Waals surface area contributed by atoms with Gasteiger partial charge in [-0.05, 0) is 25.0 Å². The number of primary amides is 1. The van der Waals surface area contributed by atoms with Gasteiger partial charge in [-0.3, -0.25) is 9.69 Å². The summed E-state index contributed by atoms with van der Waals surface area (Å²) in [5.74, 6) is -0.140. The monoisotopic (exact) mass is 429 g/mol. The first-order valence-electron chi connectivity index (χ1n) is 10.5. The van der Waals surface area contributed by atoms with Crippen molar-refractivity contribution in [1.29, 1.82) is 5.26 Å². The highest BCUT2D eigenvalue weighted by Gasteiger charge is 2.31. The maximum Gasteiger partial charge on any atom is 0.251 e. The number of piperazine rings is 1. The topological polar surface area (TPSA) is 143 Å². The molecule has 1 saturated carbocycles. The molecule has 0 radical (unpaired) electrons. The van der Waals surface area contributed by atoms with Gasteiger partial charge >= 0.3 is 0 Å². The highest BCUT2D eigenvalue weighted by molar-refractivity contribution is 5.92. The number of hydrogen-bond acceptors (Lipinski definition) is 8. The van der Waals surface area contributed by atoms with Gasteiger partial charge in [0.25, 0.3) is 5.91 Å². The molecule has 2 fully saturated rings. The van der Waals surface area contributed by atoms with Crippen LogP contribution in [0, 0.1) is 11.3 Å². The summed E-state index contributed by atoms with van der Waals surface area (Å²) in [6, 6.07) is 8.82. The summed E-state index contributed by atoms with van der Waals surface area (Å²) < 4.78 is 1.37. The first-order chi connectivity index (χ1) is 15.5. The molecule has 162 valence electrons. The van der Waals surface area contributed by atoms with E-state index in [0.29, 0.717) is 11.3 Å². The molecule has 2 aromatic heterocycles. The van der Waals surface area contributed by atoms with Crippen molar-refractivity contribution < 1.29 is 4.79 Å². The van der Waals surface area contributed by atoms with Gasteiger partial charge in [0.15, 0.2) is 11.6 Å². The number of nitrogens with two attached hydrogens (primary N) is 2. The fraction of sp³-hybridized carbons (Fsp3) is 0.318. The summed E-state index contributed by atoms with van der Waals surface area (Å²) in [6.45, 7) is 3.89. The summed E-state index contributed by atoms with van der Waals surface area (Å²) >= 11 is 0. The van der Waals surface area contributed by atoms with Gasteiger partial charge in [0.05, 0.1) is 34.9 Å². The Bertz CT molecular complexity index is 1220. The Morgan fingerprint density at radius 2 is 1.94 bits per heavy atom. The number of carbonyl (C=O) groups is 1. The van der Waals surface area contributed by atoms with Gasteiger partial charge in [0.2, 0.25) is 0 Å². The summed E-state index contributed by atoms with van der Waals surface area (Å²) in [5.41, 5.74) is 14.4. The van der Waals surface area contributed by atoms with Crippen molar-refractivity contribution in [3.63, 3.8) is 0 Å². The van der Waals surface area contributed by atoms with Gasteiger partial charge < -0.3 is 16.4 Å². The second-order valence-electron chi connectivity index (χ2n) is 8.10. The zero-order valence-corrected chi connectivity index (χ0v) is 17.5. The van der Waals surface area contributed by atoms with E-state index in [2.05, 4.69) is 30.9 Å². The van der Waals surface area contributed by atoms with Gasteiger partial charge in [-0.1, -0.05) is 6.07 Å². The molecule has 0 atom stereocenters. The van der Waals surface area contributed by atoms with Crippen LogP contribution >= 0.6 is 0 Å². The number of nitrogen functional groups attached to an aromatic ring is 1. The van der Waals surface area contributed by atoms with Gasteiger partial charge in [0, 0.05) is 44.0 Å². The zero-order chi connectivity index (χ0) is 22.2. The van der Waals surface area contributed by atoms with E-state index in [1.54, 1.807) is 6.20 Å². The Morgan fingerprint density at radius 3 is 2.59 bits per heavy atom. The Morgan fingerprint density at radius 1 is 1.16 bits per heavy atom. The lowest BCUT2D eigenvalue weighted by molar-refractivity contribution is 0.100. The number of rotatable bonds is 5. The molecule has 0 bridgehead atoms. The van der Waals surface area contributed by atoms with Crippen LogP contribution in [0.2, 0.25) is 0 Å². The number of anilines is 2. The Hall–Kier alpha value is -3.97. The number of hydrogen-bond donors (Lipinski definition) is 2. The number of nitriles is 1. The Balaban J connectivity index is 1.42. The Kier molecular flexibility index (Phi) is 4.95. The van der Waals surface area contributed by atoms with E-state index in [1.165, 1.54) is 29.9 Å². The highest BCUT2D eigenvalue weighted by atomic mass is 16.1. The molecule has 0 spiro atoms. The summed E-state index contributed by atoms with van der Waals surface area (Å²) in [4.78, 5) is 25.0. The van der Waals surface area contributed by atoms with Crippen LogP contribution in [0.25, 0.3) is 17.1 Å². The van der Waals surface area contributed by atoms with Crippen LogP contribution in [0.3, 0.4) is 0 Å². The molecular weight excluding hydrogens is 406 g/mol. The lowest BCUT2D eigenvalue weighted by Crippen LogP contribution is -2.47. The summed E-state index contributed by atoms with van der Waals surface area (Å²) in [6.07, 6.45) is 6.98. The van der Waals surface area contributed by atoms with Crippen LogP contribution < -0.4 is 16.4 Å². The molecule has 10 heteroatoms. The maximum absolute atomic E-state index is 11.4. The van der Waals surface area contributed by atoms with Crippen molar-refractivity contribution in [1.82, 2.24) is 24.6 Å². The fourth-order valence-electron chi connectivity index (χ4n) is 4.09. The molecule has 1 aromatic carbocycles. The SMILES string of the molecule is N#Cc1cc(-c2cnc(N)c(-n3cc(C(N)=O)cn3)n2)ccc1N1CCN(C2CC2)CC1. The van der Waals surface area contributed by atoms with Gasteiger partial charge in [-0.2, -0.15) is 10.4 Å². The number of nitrogens with zero attached hydrogens (tertiary/aromatic N) is 7. The van der Waals surface area contributed by atoms with Gasteiger partial charge in [-0.25, -0.2) is 14.6 Å². The van der Waals surface area contributed by atoms with E-state index in [1.807, 2.05) is 18.2 Å². The molecule has 3 aromatic rings. The average molecular weight is 429 g/mol. The fourth-order valence-corrected chi connectivity index (χ4v) is 4.09. The van der Waals surface area contributed by atoms with Crippen molar-refractivity contribution in [3.05, 3.63) is 47.9 Å². The summed E-state index contributed by atoms with van der Waals surface area (Å²) in [5, 5.41) is 13.9. The number of benzene rings is 1. The molecule has 10 nitrogen and oxygen atoms in total. The first kappa shape index (κ1) is 20.0. The lowest BCUT2D eigenvalue weighted by atomic mass is 10.1. The number of carbonyl (C=O) groups excluding carboxylic acids is 1. The molecular formula is C22H23N9O. The molecule has 0 unspecified atom stereocenters. The molecule has 1 saturated heterocycles. The smallest absolute Gasteiger partial charge is 0.251 e. The lowest BCUT2D eigenvalue weighted by Gasteiger charge is -2.36. The van der Waals surface area contributed by atoms with Crippen molar-refractivity contribution in [2.45, 2.75) is 18.9 Å². The van der Waals surface area contributed by atoms with Crippen molar-refractivity contribution in [2.75, 3.05) is 36.8 Å². The normalized spacial score (nSPS) is 16.7. The van der Waals surface area contributed by atoms with Crippen LogP contribution in [-0.2, 0) is 0 Å². The maximum atomic E-state index is 11.4. The third kappa shape index (κ3) is 3.74. The molecule has 5 rings (SSSR count). The van der Waals surface area contributed by atoms with Crippen molar-refractivity contribution in [3.8, 4) is 23.1 Å². The largest absolute Gasteiger partial charge is 0.381 e. The van der Waals surface area contributed by atoms with Crippen LogP contribution in [-0.4, -0.2) is 62.8 Å². The van der Waals surface area contributed by atoms with Crippen LogP contribution in [0.4, 0.5) is 11.5 Å². The van der Waals surface area contributed by atoms with Crippen LogP contribution in [0.5, 0.6) is 0 Å². The molecule has 2 aliphatic rings. The predicted molar refractivity (Wildman–Crippen MR) is 119 cm³/mol. The highest BCUT2D eigenvalue weighted by Crippen LogP contribution is 2.31. The minimum atomic E-state index is -0.592. The second kappa shape index (κ2) is 7.94. The number of amides is 1. The Labute approximate surface area is 185 Å². The van der Waals surface area contributed by atoms with Gasteiger partial charge in [-0.15, -0.1) is 0 Å². The molecule has 4 N–H and O–H groups in total. The van der Waals surface area contributed by atoms with E-state index in [-0.39, 0.29) is 17.2 Å². The average Bonchev–Trinajstić information content (AvgIpc) is 3.55. The third-order valence-electron chi connectivity index (χ3n) is 6.00. The standard InChI is InChI=1S/C22H23N9O/c23-10-15-9-14(1-4-19(15)30-7-5-29(6-8-30)17-2-3-17)18-12-26-20(24)22(28-18)31-13-16(11-27-31)21(25)32/h1,4,9,11-13,17H,2-3,5-8H2,(H2,24,26)(H2,25,32). The van der Waals surface area contributed by atoms with Crippen LogP contribution in [0.15, 0.2) is 36.8 Å². The van der Waals surface area contributed by atoms with E-state index in [9.17, 15) is 10.1 Å². The molecule has 1 aliphatic heterocycles. The third-order valence-corrected chi connectivity index (χ3v) is 6.00.